The highest BCUT2D eigenvalue weighted by Crippen LogP contribution is 2.20. The lowest BCUT2D eigenvalue weighted by atomic mass is 10.1. The van der Waals surface area contributed by atoms with E-state index in [0.717, 1.165) is 24.1 Å². The van der Waals surface area contributed by atoms with Crippen LogP contribution in [0, 0.1) is 6.92 Å². The number of likely N-dealkylation sites (N-methyl/N-ethyl adjacent to an activating group) is 2. The van der Waals surface area contributed by atoms with Gasteiger partial charge in [-0.2, -0.15) is 0 Å². The number of aryl methyl sites for hydroxylation is 1. The van der Waals surface area contributed by atoms with Crippen molar-refractivity contribution in [3.8, 4) is 0 Å². The van der Waals surface area contributed by atoms with E-state index in [1.165, 1.54) is 0 Å². The van der Waals surface area contributed by atoms with E-state index in [9.17, 15) is 9.59 Å². The third-order valence-electron chi connectivity index (χ3n) is 2.69. The summed E-state index contributed by atoms with van der Waals surface area (Å²) in [6, 6.07) is 5.47. The van der Waals surface area contributed by atoms with Crippen LogP contribution in [0.4, 0.5) is 5.69 Å². The van der Waals surface area contributed by atoms with Crippen LogP contribution in [0.5, 0.6) is 0 Å². The molecular weight excluding hydrogens is 216 g/mol. The first kappa shape index (κ1) is 13.2. The van der Waals surface area contributed by atoms with Gasteiger partial charge in [-0.25, -0.2) is 0 Å². The van der Waals surface area contributed by atoms with Crippen molar-refractivity contribution in [3.63, 3.8) is 0 Å². The number of carbonyl (C=O) groups excluding carboxylic acids is 2. The average Bonchev–Trinajstić information content (AvgIpc) is 2.35. The number of amides is 1. The van der Waals surface area contributed by atoms with Crippen molar-refractivity contribution >= 4 is 17.9 Å². The SMILES string of the molecule is CCN(CC(=O)NC)c1ccc(C=O)cc1C. The molecule has 0 bridgehead atoms. The fourth-order valence-electron chi connectivity index (χ4n) is 1.73. The monoisotopic (exact) mass is 234 g/mol. The smallest absolute Gasteiger partial charge is 0.239 e. The van der Waals surface area contributed by atoms with Crippen LogP contribution >= 0.6 is 0 Å². The van der Waals surface area contributed by atoms with E-state index in [0.29, 0.717) is 12.1 Å². The summed E-state index contributed by atoms with van der Waals surface area (Å²) >= 11 is 0. The van der Waals surface area contributed by atoms with E-state index in [1.807, 2.05) is 30.9 Å². The maximum Gasteiger partial charge on any atom is 0.239 e. The van der Waals surface area contributed by atoms with Crippen LogP contribution in [0.15, 0.2) is 18.2 Å². The summed E-state index contributed by atoms with van der Waals surface area (Å²) < 4.78 is 0. The average molecular weight is 234 g/mol. The molecule has 0 heterocycles. The first-order valence-corrected chi connectivity index (χ1v) is 5.63. The topological polar surface area (TPSA) is 49.4 Å². The van der Waals surface area contributed by atoms with Crippen LogP contribution in [-0.4, -0.2) is 32.3 Å². The molecule has 92 valence electrons. The van der Waals surface area contributed by atoms with Crippen LogP contribution in [0.25, 0.3) is 0 Å². The number of nitrogens with zero attached hydrogens (tertiary/aromatic N) is 1. The molecule has 1 amide bonds. The zero-order valence-electron chi connectivity index (χ0n) is 10.5. The minimum absolute atomic E-state index is 0.0225. The van der Waals surface area contributed by atoms with Gasteiger partial charge in [-0.15, -0.1) is 0 Å². The third-order valence-corrected chi connectivity index (χ3v) is 2.69. The third kappa shape index (κ3) is 3.31. The van der Waals surface area contributed by atoms with Crippen LogP contribution < -0.4 is 10.2 Å². The summed E-state index contributed by atoms with van der Waals surface area (Å²) in [5.41, 5.74) is 2.64. The Morgan fingerprint density at radius 2 is 2.18 bits per heavy atom. The summed E-state index contributed by atoms with van der Waals surface area (Å²) in [6.07, 6.45) is 0.825. The van der Waals surface area contributed by atoms with Crippen LogP contribution in [0.3, 0.4) is 0 Å². The molecule has 0 unspecified atom stereocenters. The van der Waals surface area contributed by atoms with Crippen molar-refractivity contribution in [1.82, 2.24) is 5.32 Å². The Kier molecular flexibility index (Phi) is 4.69. The fraction of sp³-hybridized carbons (Fsp3) is 0.385. The van der Waals surface area contributed by atoms with Gasteiger partial charge in [0.05, 0.1) is 6.54 Å². The van der Waals surface area contributed by atoms with E-state index >= 15 is 0 Å². The summed E-state index contributed by atoms with van der Waals surface area (Å²) in [6.45, 7) is 5.01. The van der Waals surface area contributed by atoms with Crippen molar-refractivity contribution in [1.29, 1.82) is 0 Å². The number of carbonyl (C=O) groups is 2. The number of aldehydes is 1. The summed E-state index contributed by atoms with van der Waals surface area (Å²) in [4.78, 5) is 24.0. The van der Waals surface area contributed by atoms with Crippen molar-refractivity contribution in [2.24, 2.45) is 0 Å². The summed E-state index contributed by atoms with van der Waals surface area (Å²) in [5, 5.41) is 2.60. The minimum Gasteiger partial charge on any atom is -0.362 e. The minimum atomic E-state index is -0.0225. The Labute approximate surface area is 102 Å². The molecule has 0 saturated carbocycles. The first-order valence-electron chi connectivity index (χ1n) is 5.63. The Bertz CT molecular complexity index is 416. The molecule has 4 heteroatoms. The Morgan fingerprint density at radius 1 is 1.47 bits per heavy atom. The van der Waals surface area contributed by atoms with Gasteiger partial charge in [-0.1, -0.05) is 0 Å². The summed E-state index contributed by atoms with van der Waals surface area (Å²) in [5.74, 6) is -0.0225. The van der Waals surface area contributed by atoms with Crippen molar-refractivity contribution in [2.45, 2.75) is 13.8 Å². The van der Waals surface area contributed by atoms with Gasteiger partial charge < -0.3 is 10.2 Å². The van der Waals surface area contributed by atoms with Gasteiger partial charge in [0, 0.05) is 24.8 Å². The number of benzene rings is 1. The molecule has 1 rings (SSSR count). The van der Waals surface area contributed by atoms with E-state index in [1.54, 1.807) is 13.1 Å². The van der Waals surface area contributed by atoms with Crippen LogP contribution in [0.2, 0.25) is 0 Å². The molecule has 0 spiro atoms. The Hall–Kier alpha value is -1.84. The molecule has 1 aromatic rings. The van der Waals surface area contributed by atoms with E-state index in [-0.39, 0.29) is 5.91 Å². The predicted octanol–water partition coefficient (Wildman–Crippen LogP) is 1.38. The second-order valence-electron chi connectivity index (χ2n) is 3.85. The zero-order chi connectivity index (χ0) is 12.8. The van der Waals surface area contributed by atoms with Gasteiger partial charge in [0.15, 0.2) is 0 Å². The summed E-state index contributed by atoms with van der Waals surface area (Å²) in [7, 11) is 1.62. The van der Waals surface area contributed by atoms with E-state index < -0.39 is 0 Å². The van der Waals surface area contributed by atoms with Gasteiger partial charge >= 0.3 is 0 Å². The second kappa shape index (κ2) is 6.03. The fourth-order valence-corrected chi connectivity index (χ4v) is 1.73. The molecular formula is C13H18N2O2. The van der Waals surface area contributed by atoms with Gasteiger partial charge in [0.2, 0.25) is 5.91 Å². The number of hydrogen-bond donors (Lipinski definition) is 1. The number of anilines is 1. The number of rotatable bonds is 5. The molecule has 0 aliphatic rings. The molecule has 0 radical (unpaired) electrons. The molecule has 1 aromatic carbocycles. The van der Waals surface area contributed by atoms with Crippen LogP contribution in [-0.2, 0) is 4.79 Å². The number of hydrogen-bond acceptors (Lipinski definition) is 3. The Morgan fingerprint density at radius 3 is 2.65 bits per heavy atom. The maximum atomic E-state index is 11.4. The lowest BCUT2D eigenvalue weighted by Crippen LogP contribution is -2.35. The highest BCUT2D eigenvalue weighted by atomic mass is 16.1. The maximum absolute atomic E-state index is 11.4. The van der Waals surface area contributed by atoms with Gasteiger partial charge in [0.25, 0.3) is 0 Å². The Balaban J connectivity index is 2.95. The lowest BCUT2D eigenvalue weighted by molar-refractivity contribution is -0.119. The predicted molar refractivity (Wildman–Crippen MR) is 68.5 cm³/mol. The number of nitrogens with one attached hydrogen (secondary N) is 1. The van der Waals surface area contributed by atoms with Crippen molar-refractivity contribution in [3.05, 3.63) is 29.3 Å². The molecule has 0 fully saturated rings. The standard InChI is InChI=1S/C13H18N2O2/c1-4-15(8-13(17)14-3)12-6-5-11(9-16)7-10(12)2/h5-7,9H,4,8H2,1-3H3,(H,14,17). The molecule has 1 N–H and O–H groups in total. The highest BCUT2D eigenvalue weighted by molar-refractivity contribution is 5.82. The quantitative estimate of drug-likeness (QED) is 0.783. The molecule has 4 nitrogen and oxygen atoms in total. The largest absolute Gasteiger partial charge is 0.362 e. The molecule has 0 aliphatic heterocycles. The second-order valence-corrected chi connectivity index (χ2v) is 3.85. The van der Waals surface area contributed by atoms with Gasteiger partial charge in [0.1, 0.15) is 6.29 Å². The molecule has 0 saturated heterocycles. The molecule has 0 aromatic heterocycles. The van der Waals surface area contributed by atoms with Gasteiger partial charge in [-0.05, 0) is 37.6 Å². The lowest BCUT2D eigenvalue weighted by Gasteiger charge is -2.24. The normalized spacial score (nSPS) is 9.82. The van der Waals surface area contributed by atoms with E-state index in [2.05, 4.69) is 5.32 Å². The zero-order valence-corrected chi connectivity index (χ0v) is 10.5. The molecule has 0 aliphatic carbocycles. The van der Waals surface area contributed by atoms with Gasteiger partial charge in [-0.3, -0.25) is 9.59 Å². The highest BCUT2D eigenvalue weighted by Gasteiger charge is 2.11. The first-order chi connectivity index (χ1) is 8.12. The molecule has 0 atom stereocenters. The van der Waals surface area contributed by atoms with E-state index in [4.69, 9.17) is 0 Å². The van der Waals surface area contributed by atoms with Crippen molar-refractivity contribution < 1.29 is 9.59 Å². The van der Waals surface area contributed by atoms with Crippen molar-refractivity contribution in [2.75, 3.05) is 25.0 Å². The van der Waals surface area contributed by atoms with Crippen LogP contribution in [0.1, 0.15) is 22.8 Å². The molecule has 17 heavy (non-hydrogen) atoms.